The summed E-state index contributed by atoms with van der Waals surface area (Å²) in [6, 6.07) is 8.09. The Morgan fingerprint density at radius 2 is 1.95 bits per heavy atom. The molecule has 4 heteroatoms. The fraction of sp³-hybridized carbons (Fsp3) is 0.533. The molecule has 0 saturated heterocycles. The molecule has 1 rings (SSSR count). The van der Waals surface area contributed by atoms with Crippen LogP contribution >= 0.6 is 15.9 Å². The molecule has 0 aliphatic rings. The van der Waals surface area contributed by atoms with Crippen molar-refractivity contribution < 1.29 is 4.79 Å². The van der Waals surface area contributed by atoms with Crippen LogP contribution in [0.3, 0.4) is 0 Å². The molecule has 1 N–H and O–H groups in total. The molecule has 0 aliphatic carbocycles. The maximum Gasteiger partial charge on any atom is 0.317 e. The van der Waals surface area contributed by atoms with Crippen LogP contribution in [0.1, 0.15) is 33.3 Å². The maximum absolute atomic E-state index is 12.1. The number of rotatable bonds is 4. The summed E-state index contributed by atoms with van der Waals surface area (Å²) >= 11 is 3.51. The molecule has 0 fully saturated rings. The second-order valence-electron chi connectivity index (χ2n) is 5.49. The van der Waals surface area contributed by atoms with Crippen LogP contribution in [0.2, 0.25) is 0 Å². The van der Waals surface area contributed by atoms with Gasteiger partial charge in [-0.2, -0.15) is 0 Å². The molecule has 1 aromatic carbocycles. The SMILES string of the molecule is CCN(C(=O)NCCc1ccccc1Br)C(C)(C)C. The van der Waals surface area contributed by atoms with Gasteiger partial charge in [-0.1, -0.05) is 34.1 Å². The van der Waals surface area contributed by atoms with Crippen LogP contribution in [0, 0.1) is 0 Å². The van der Waals surface area contributed by atoms with Gasteiger partial charge < -0.3 is 10.2 Å². The fourth-order valence-electron chi connectivity index (χ4n) is 2.02. The van der Waals surface area contributed by atoms with E-state index in [1.807, 2.05) is 50.8 Å². The van der Waals surface area contributed by atoms with Gasteiger partial charge in [0.15, 0.2) is 0 Å². The molecule has 0 bridgehead atoms. The average Bonchev–Trinajstić information content (AvgIpc) is 2.30. The summed E-state index contributed by atoms with van der Waals surface area (Å²) in [5.41, 5.74) is 1.06. The Kier molecular flexibility index (Phi) is 5.85. The molecule has 19 heavy (non-hydrogen) atoms. The van der Waals surface area contributed by atoms with Crippen LogP contribution in [0.15, 0.2) is 28.7 Å². The topological polar surface area (TPSA) is 32.3 Å². The first kappa shape index (κ1) is 16.0. The van der Waals surface area contributed by atoms with E-state index in [-0.39, 0.29) is 11.6 Å². The zero-order valence-electron chi connectivity index (χ0n) is 12.2. The molecule has 106 valence electrons. The number of hydrogen-bond acceptors (Lipinski definition) is 1. The van der Waals surface area contributed by atoms with Crippen LogP contribution in [0.4, 0.5) is 4.79 Å². The number of carbonyl (C=O) groups excluding carboxylic acids is 1. The van der Waals surface area contributed by atoms with Crippen LogP contribution < -0.4 is 5.32 Å². The van der Waals surface area contributed by atoms with Gasteiger partial charge in [0.1, 0.15) is 0 Å². The quantitative estimate of drug-likeness (QED) is 0.896. The van der Waals surface area contributed by atoms with Crippen molar-refractivity contribution >= 4 is 22.0 Å². The average molecular weight is 327 g/mol. The number of hydrogen-bond donors (Lipinski definition) is 1. The van der Waals surface area contributed by atoms with Gasteiger partial charge in [0.25, 0.3) is 0 Å². The van der Waals surface area contributed by atoms with E-state index in [0.29, 0.717) is 13.1 Å². The molecule has 1 aromatic rings. The summed E-state index contributed by atoms with van der Waals surface area (Å²) in [7, 11) is 0. The molecule has 3 nitrogen and oxygen atoms in total. The summed E-state index contributed by atoms with van der Waals surface area (Å²) in [5, 5.41) is 2.98. The van der Waals surface area contributed by atoms with Crippen molar-refractivity contribution in [3.63, 3.8) is 0 Å². The molecule has 0 heterocycles. The first-order chi connectivity index (χ1) is 8.86. The highest BCUT2D eigenvalue weighted by Gasteiger charge is 2.24. The van der Waals surface area contributed by atoms with Crippen molar-refractivity contribution in [2.45, 2.75) is 39.7 Å². The molecule has 0 aliphatic heterocycles. The number of nitrogens with one attached hydrogen (secondary N) is 1. The predicted molar refractivity (Wildman–Crippen MR) is 83.4 cm³/mol. The minimum atomic E-state index is -0.147. The number of halogens is 1. The van der Waals surface area contributed by atoms with Crippen molar-refractivity contribution in [1.82, 2.24) is 10.2 Å². The van der Waals surface area contributed by atoms with Gasteiger partial charge in [0.2, 0.25) is 0 Å². The maximum atomic E-state index is 12.1. The number of urea groups is 1. The highest BCUT2D eigenvalue weighted by Crippen LogP contribution is 2.16. The minimum absolute atomic E-state index is 0.00190. The predicted octanol–water partition coefficient (Wildman–Crippen LogP) is 3.82. The van der Waals surface area contributed by atoms with Gasteiger partial charge in [-0.25, -0.2) is 4.79 Å². The molecular formula is C15H23BrN2O. The summed E-state index contributed by atoms with van der Waals surface area (Å²) in [5.74, 6) is 0. The van der Waals surface area contributed by atoms with Crippen LogP contribution in [-0.2, 0) is 6.42 Å². The first-order valence-corrected chi connectivity index (χ1v) is 7.44. The fourth-order valence-corrected chi connectivity index (χ4v) is 2.51. The van der Waals surface area contributed by atoms with Gasteiger partial charge in [-0.3, -0.25) is 0 Å². The molecule has 0 aromatic heterocycles. The normalized spacial score (nSPS) is 11.2. The van der Waals surface area contributed by atoms with E-state index in [4.69, 9.17) is 0 Å². The summed E-state index contributed by atoms with van der Waals surface area (Å²) < 4.78 is 1.09. The van der Waals surface area contributed by atoms with Crippen molar-refractivity contribution in [2.24, 2.45) is 0 Å². The zero-order valence-corrected chi connectivity index (χ0v) is 13.8. The lowest BCUT2D eigenvalue weighted by atomic mass is 10.1. The van der Waals surface area contributed by atoms with Crippen molar-refractivity contribution in [3.8, 4) is 0 Å². The van der Waals surface area contributed by atoms with Gasteiger partial charge in [0.05, 0.1) is 0 Å². The third-order valence-electron chi connectivity index (χ3n) is 3.00. The third-order valence-corrected chi connectivity index (χ3v) is 3.77. The molecule has 0 spiro atoms. The Bertz CT molecular complexity index is 426. The Labute approximate surface area is 124 Å². The largest absolute Gasteiger partial charge is 0.338 e. The standard InChI is InChI=1S/C15H23BrN2O/c1-5-18(15(2,3)4)14(19)17-11-10-12-8-6-7-9-13(12)16/h6-9H,5,10-11H2,1-4H3,(H,17,19). The number of nitrogens with zero attached hydrogens (tertiary/aromatic N) is 1. The minimum Gasteiger partial charge on any atom is -0.338 e. The number of amides is 2. The van der Waals surface area contributed by atoms with Gasteiger partial charge >= 0.3 is 6.03 Å². The molecule has 0 saturated carbocycles. The van der Waals surface area contributed by atoms with Crippen LogP contribution in [-0.4, -0.2) is 29.6 Å². The third kappa shape index (κ3) is 4.86. The molecular weight excluding hydrogens is 304 g/mol. The van der Waals surface area contributed by atoms with E-state index in [1.54, 1.807) is 0 Å². The number of benzene rings is 1. The van der Waals surface area contributed by atoms with Crippen LogP contribution in [0.25, 0.3) is 0 Å². The van der Waals surface area contributed by atoms with E-state index >= 15 is 0 Å². The smallest absolute Gasteiger partial charge is 0.317 e. The lowest BCUT2D eigenvalue weighted by Gasteiger charge is -2.34. The summed E-state index contributed by atoms with van der Waals surface area (Å²) in [6.45, 7) is 9.49. The van der Waals surface area contributed by atoms with Crippen molar-refractivity contribution in [2.75, 3.05) is 13.1 Å². The second kappa shape index (κ2) is 6.94. The van der Waals surface area contributed by atoms with E-state index in [9.17, 15) is 4.79 Å². The van der Waals surface area contributed by atoms with Gasteiger partial charge in [0, 0.05) is 23.1 Å². The monoisotopic (exact) mass is 326 g/mol. The van der Waals surface area contributed by atoms with Crippen molar-refractivity contribution in [3.05, 3.63) is 34.3 Å². The van der Waals surface area contributed by atoms with E-state index in [0.717, 1.165) is 10.9 Å². The van der Waals surface area contributed by atoms with E-state index in [1.165, 1.54) is 5.56 Å². The Morgan fingerprint density at radius 1 is 1.32 bits per heavy atom. The summed E-state index contributed by atoms with van der Waals surface area (Å²) in [6.07, 6.45) is 0.828. The lowest BCUT2D eigenvalue weighted by molar-refractivity contribution is 0.150. The van der Waals surface area contributed by atoms with E-state index in [2.05, 4.69) is 27.3 Å². The molecule has 0 unspecified atom stereocenters. The van der Waals surface area contributed by atoms with Gasteiger partial charge in [-0.05, 0) is 45.7 Å². The van der Waals surface area contributed by atoms with Gasteiger partial charge in [-0.15, -0.1) is 0 Å². The Morgan fingerprint density at radius 3 is 2.47 bits per heavy atom. The lowest BCUT2D eigenvalue weighted by Crippen LogP contribution is -2.50. The molecule has 0 radical (unpaired) electrons. The summed E-state index contributed by atoms with van der Waals surface area (Å²) in [4.78, 5) is 13.9. The Hall–Kier alpha value is -1.03. The number of carbonyl (C=O) groups is 1. The zero-order chi connectivity index (χ0) is 14.5. The van der Waals surface area contributed by atoms with E-state index < -0.39 is 0 Å². The highest BCUT2D eigenvalue weighted by atomic mass is 79.9. The second-order valence-corrected chi connectivity index (χ2v) is 6.34. The molecule has 0 atom stereocenters. The van der Waals surface area contributed by atoms with Crippen molar-refractivity contribution in [1.29, 1.82) is 0 Å². The highest BCUT2D eigenvalue weighted by molar-refractivity contribution is 9.10. The molecule has 2 amide bonds. The first-order valence-electron chi connectivity index (χ1n) is 6.65. The van der Waals surface area contributed by atoms with Crippen LogP contribution in [0.5, 0.6) is 0 Å². The Balaban J connectivity index is 2.49.